The van der Waals surface area contributed by atoms with Crippen LogP contribution in [0.25, 0.3) is 4.98 Å². The van der Waals surface area contributed by atoms with Crippen LogP contribution in [0, 0.1) is 5.39 Å². The predicted octanol–water partition coefficient (Wildman–Crippen LogP) is 4.75. The monoisotopic (exact) mass is 396 g/mol. The third kappa shape index (κ3) is 10.6. The standard InChI is InChI=1S/C10H14N3O.4ClH.Zn/c1-2-13(7-8-14)10-5-3-9(12-11)4-6-10;;;;;/h3-6,14H,2,7-8H2,1H3;4*1H;/q+1;;;;;+2/p-4. The molecule has 9 heteroatoms. The van der Waals surface area contributed by atoms with Crippen molar-refractivity contribution in [3.8, 4) is 0 Å². The van der Waals surface area contributed by atoms with Crippen molar-refractivity contribution < 1.29 is 15.9 Å². The van der Waals surface area contributed by atoms with E-state index in [1.807, 2.05) is 24.0 Å². The molecule has 0 saturated carbocycles. The van der Waals surface area contributed by atoms with Gasteiger partial charge in [-0.25, -0.2) is 0 Å². The maximum absolute atomic E-state index is 8.83. The van der Waals surface area contributed by atoms with Gasteiger partial charge in [0.25, 0.3) is 0 Å². The molecule has 0 fully saturated rings. The number of nitrogens with zero attached hydrogens (tertiary/aromatic N) is 3. The van der Waals surface area contributed by atoms with Crippen molar-refractivity contribution in [3.05, 3.63) is 29.2 Å². The second-order valence-electron chi connectivity index (χ2n) is 3.53. The van der Waals surface area contributed by atoms with E-state index in [2.05, 4.69) is 4.98 Å². The van der Waals surface area contributed by atoms with Gasteiger partial charge in [0.05, 0.1) is 6.61 Å². The number of halogens is 4. The van der Waals surface area contributed by atoms with E-state index in [0.29, 0.717) is 12.2 Å². The Kier molecular flexibility index (Phi) is 10.1. The molecule has 0 unspecified atom stereocenters. The van der Waals surface area contributed by atoms with Gasteiger partial charge in [-0.3, -0.25) is 0 Å². The summed E-state index contributed by atoms with van der Waals surface area (Å²) in [4.78, 5) is 5.12. The number of aliphatic hydroxyl groups excluding tert-OH is 1. The number of likely N-dealkylation sites (N-methyl/N-ethyl adjacent to an activating group) is 1. The molecule has 1 aromatic carbocycles. The van der Waals surface area contributed by atoms with Crippen LogP contribution in [0.15, 0.2) is 24.3 Å². The van der Waals surface area contributed by atoms with Crippen LogP contribution in [-0.2, 0) is 10.8 Å². The minimum atomic E-state index is -3.36. The van der Waals surface area contributed by atoms with Crippen LogP contribution < -0.4 is 4.90 Å². The summed E-state index contributed by atoms with van der Waals surface area (Å²) >= 11 is 0. The number of diazo groups is 1. The maximum atomic E-state index is 8.83. The van der Waals surface area contributed by atoms with Crippen LogP contribution >= 0.6 is 38.8 Å². The van der Waals surface area contributed by atoms with Crippen LogP contribution in [0.5, 0.6) is 0 Å². The molecule has 0 aliphatic heterocycles. The van der Waals surface area contributed by atoms with Crippen LogP contribution in [0.4, 0.5) is 11.4 Å². The van der Waals surface area contributed by atoms with E-state index in [0.717, 1.165) is 12.2 Å². The molecule has 0 heterocycles. The van der Waals surface area contributed by atoms with Crippen molar-refractivity contribution in [2.24, 2.45) is 0 Å². The van der Waals surface area contributed by atoms with Gasteiger partial charge in [0, 0.05) is 30.9 Å². The van der Waals surface area contributed by atoms with Gasteiger partial charge in [0.2, 0.25) is 5.39 Å². The molecule has 1 aromatic rings. The SMILES string of the molecule is CCN(CCO)c1ccc([N+]#N)cc1.[Cl][Zn-2]([Cl])([Cl])[Cl]. The van der Waals surface area contributed by atoms with Crippen molar-refractivity contribution in [1.29, 1.82) is 5.39 Å². The fraction of sp³-hybridized carbons (Fsp3) is 0.400. The first-order valence-corrected chi connectivity index (χ1v) is 21.3. The summed E-state index contributed by atoms with van der Waals surface area (Å²) in [5, 5.41) is 17.3. The summed E-state index contributed by atoms with van der Waals surface area (Å²) in [5.74, 6) is 0. The molecule has 0 atom stereocenters. The summed E-state index contributed by atoms with van der Waals surface area (Å²) in [7, 11) is 16.8. The van der Waals surface area contributed by atoms with E-state index in [1.54, 1.807) is 12.1 Å². The Morgan fingerprint density at radius 2 is 1.68 bits per heavy atom. The summed E-state index contributed by atoms with van der Waals surface area (Å²) in [6.07, 6.45) is 0. The van der Waals surface area contributed by atoms with Crippen LogP contribution in [-0.4, -0.2) is 24.8 Å². The fourth-order valence-electron chi connectivity index (χ4n) is 1.32. The quantitative estimate of drug-likeness (QED) is 0.587. The zero-order chi connectivity index (χ0) is 14.9. The summed E-state index contributed by atoms with van der Waals surface area (Å²) in [5.41, 5.74) is 1.56. The van der Waals surface area contributed by atoms with Crippen molar-refractivity contribution in [2.45, 2.75) is 6.92 Å². The van der Waals surface area contributed by atoms with Gasteiger partial charge in [0.15, 0.2) is 4.98 Å². The molecule has 0 radical (unpaired) electrons. The Balaban J connectivity index is 0.000000555. The molecule has 1 rings (SSSR count). The van der Waals surface area contributed by atoms with E-state index in [-0.39, 0.29) is 6.61 Å². The first-order chi connectivity index (χ1) is 8.81. The van der Waals surface area contributed by atoms with Crippen LogP contribution in [0.2, 0.25) is 0 Å². The molecule has 0 bridgehead atoms. The molecule has 0 saturated heterocycles. The normalized spacial score (nSPS) is 10.2. The topological polar surface area (TPSA) is 51.6 Å². The zero-order valence-corrected chi connectivity index (χ0v) is 16.4. The van der Waals surface area contributed by atoms with E-state index in [9.17, 15) is 0 Å². The Hall–Kier alpha value is 0.183. The zero-order valence-electron chi connectivity index (χ0n) is 10.4. The van der Waals surface area contributed by atoms with Gasteiger partial charge in [-0.1, -0.05) is 0 Å². The first-order valence-electron chi connectivity index (χ1n) is 5.69. The summed E-state index contributed by atoms with van der Waals surface area (Å²) in [6, 6.07) is 7.20. The van der Waals surface area contributed by atoms with Crippen LogP contribution in [0.1, 0.15) is 6.92 Å². The number of aliphatic hydroxyl groups is 1. The van der Waals surface area contributed by atoms with Crippen molar-refractivity contribution >= 4 is 50.1 Å². The van der Waals surface area contributed by atoms with Crippen molar-refractivity contribution in [1.82, 2.24) is 0 Å². The van der Waals surface area contributed by atoms with E-state index in [4.69, 9.17) is 49.3 Å². The van der Waals surface area contributed by atoms with Gasteiger partial charge in [0.1, 0.15) is 0 Å². The van der Waals surface area contributed by atoms with E-state index in [1.165, 1.54) is 0 Å². The molecule has 0 aliphatic rings. The Morgan fingerprint density at radius 1 is 1.21 bits per heavy atom. The Bertz CT molecular complexity index is 399. The van der Waals surface area contributed by atoms with E-state index < -0.39 is 10.8 Å². The molecule has 19 heavy (non-hydrogen) atoms. The molecular weight excluding hydrogens is 385 g/mol. The van der Waals surface area contributed by atoms with Gasteiger partial charge >= 0.3 is 55.3 Å². The molecule has 0 aromatic heterocycles. The molecule has 1 N–H and O–H groups in total. The first kappa shape index (κ1) is 19.2. The number of rotatable bonds is 4. The molecule has 0 aliphatic carbocycles. The summed E-state index contributed by atoms with van der Waals surface area (Å²) in [6.45, 7) is 3.63. The Morgan fingerprint density at radius 3 is 2.00 bits per heavy atom. The third-order valence-corrected chi connectivity index (χ3v) is 2.08. The number of hydrogen-bond acceptors (Lipinski definition) is 3. The van der Waals surface area contributed by atoms with Gasteiger partial charge in [-0.2, -0.15) is 0 Å². The van der Waals surface area contributed by atoms with Crippen molar-refractivity contribution in [3.63, 3.8) is 0 Å². The molecule has 0 amide bonds. The average Bonchev–Trinajstić information content (AvgIpc) is 2.34. The van der Waals surface area contributed by atoms with E-state index >= 15 is 0 Å². The predicted molar refractivity (Wildman–Crippen MR) is 79.6 cm³/mol. The fourth-order valence-corrected chi connectivity index (χ4v) is 1.32. The van der Waals surface area contributed by atoms with Gasteiger partial charge < -0.3 is 10.0 Å². The van der Waals surface area contributed by atoms with Gasteiger partial charge in [-0.05, 0) is 19.1 Å². The minimum absolute atomic E-state index is 0.139. The van der Waals surface area contributed by atoms with Crippen LogP contribution in [0.3, 0.4) is 0 Å². The molecule has 0 spiro atoms. The van der Waals surface area contributed by atoms with Gasteiger partial charge in [-0.15, -0.1) is 0 Å². The number of benzene rings is 1. The number of anilines is 1. The average molecular weight is 399 g/mol. The Labute approximate surface area is 131 Å². The second-order valence-corrected chi connectivity index (χ2v) is 31.3. The second kappa shape index (κ2) is 9.99. The molecule has 4 nitrogen and oxygen atoms in total. The summed E-state index contributed by atoms with van der Waals surface area (Å²) < 4.78 is 0. The molecule has 106 valence electrons. The van der Waals surface area contributed by atoms with Crippen molar-refractivity contribution in [2.75, 3.05) is 24.6 Å². The third-order valence-electron chi connectivity index (χ3n) is 2.08. The number of hydrogen-bond donors (Lipinski definition) is 1. The molecular formula is C10H14Cl4N3OZn-.